The first-order valence-electron chi connectivity index (χ1n) is 6.25. The minimum Gasteiger partial charge on any atom is -0.504 e. The average Bonchev–Trinajstić information content (AvgIpc) is 3.01. The molecule has 6 heteroatoms. The Morgan fingerprint density at radius 3 is 2.74 bits per heavy atom. The van der Waals surface area contributed by atoms with Gasteiger partial charge in [0.1, 0.15) is 0 Å². The maximum absolute atomic E-state index is 9.46. The van der Waals surface area contributed by atoms with E-state index in [-0.39, 0.29) is 23.5 Å². The molecule has 6 nitrogen and oxygen atoms in total. The topological polar surface area (TPSA) is 105 Å². The summed E-state index contributed by atoms with van der Waals surface area (Å²) in [7, 11) is 0. The predicted octanol–water partition coefficient (Wildman–Crippen LogP) is 1.74. The molecular weight excluding hydrogens is 246 g/mol. The fourth-order valence-electron chi connectivity index (χ4n) is 2.42. The number of aromatic nitrogens is 2. The van der Waals surface area contributed by atoms with Crippen LogP contribution in [-0.2, 0) is 0 Å². The van der Waals surface area contributed by atoms with Crippen molar-refractivity contribution >= 4 is 0 Å². The van der Waals surface area contributed by atoms with Crippen molar-refractivity contribution in [2.24, 2.45) is 5.73 Å². The van der Waals surface area contributed by atoms with E-state index in [1.54, 1.807) is 6.07 Å². The van der Waals surface area contributed by atoms with Crippen LogP contribution in [0.25, 0.3) is 11.4 Å². The standard InChI is InChI=1S/C13H15N3O3/c14-9-3-1-8(5-9)13-15-12(16-19-13)7-2-4-10(17)11(18)6-7/h2,4,6,8-9,17-18H,1,3,5,14H2. The first-order chi connectivity index (χ1) is 9.13. The number of phenols is 2. The van der Waals surface area contributed by atoms with E-state index in [4.69, 9.17) is 10.3 Å². The van der Waals surface area contributed by atoms with E-state index in [0.29, 0.717) is 17.3 Å². The lowest BCUT2D eigenvalue weighted by atomic mass is 10.1. The van der Waals surface area contributed by atoms with Gasteiger partial charge >= 0.3 is 0 Å². The zero-order chi connectivity index (χ0) is 13.4. The minimum absolute atomic E-state index is 0.172. The number of hydrogen-bond donors (Lipinski definition) is 3. The Bertz CT molecular complexity index is 597. The van der Waals surface area contributed by atoms with Gasteiger partial charge in [-0.3, -0.25) is 0 Å². The van der Waals surface area contributed by atoms with Gasteiger partial charge in [0.2, 0.25) is 11.7 Å². The molecule has 2 unspecified atom stereocenters. The number of aromatic hydroxyl groups is 2. The Morgan fingerprint density at radius 1 is 1.21 bits per heavy atom. The Hall–Kier alpha value is -2.08. The summed E-state index contributed by atoms with van der Waals surface area (Å²) >= 11 is 0. The van der Waals surface area contributed by atoms with Crippen molar-refractivity contribution < 1.29 is 14.7 Å². The molecule has 4 N–H and O–H groups in total. The van der Waals surface area contributed by atoms with Crippen LogP contribution in [0.1, 0.15) is 31.1 Å². The SMILES string of the molecule is NC1CCC(c2nc(-c3ccc(O)c(O)c3)no2)C1. The molecule has 1 aliphatic rings. The van der Waals surface area contributed by atoms with Gasteiger partial charge in [-0.25, -0.2) is 0 Å². The third-order valence-electron chi connectivity index (χ3n) is 3.50. The molecule has 19 heavy (non-hydrogen) atoms. The van der Waals surface area contributed by atoms with Crippen molar-refractivity contribution in [2.45, 2.75) is 31.2 Å². The number of nitrogens with zero attached hydrogens (tertiary/aromatic N) is 2. The van der Waals surface area contributed by atoms with Crippen LogP contribution in [0.5, 0.6) is 11.5 Å². The zero-order valence-electron chi connectivity index (χ0n) is 10.3. The van der Waals surface area contributed by atoms with Crippen molar-refractivity contribution in [1.29, 1.82) is 0 Å². The molecule has 1 aromatic carbocycles. The number of rotatable bonds is 2. The van der Waals surface area contributed by atoms with Gasteiger partial charge in [-0.1, -0.05) is 5.16 Å². The smallest absolute Gasteiger partial charge is 0.230 e. The summed E-state index contributed by atoms with van der Waals surface area (Å²) < 4.78 is 5.26. The number of hydrogen-bond acceptors (Lipinski definition) is 6. The molecule has 3 rings (SSSR count). The van der Waals surface area contributed by atoms with Crippen molar-refractivity contribution in [2.75, 3.05) is 0 Å². The van der Waals surface area contributed by atoms with Crippen molar-refractivity contribution in [1.82, 2.24) is 10.1 Å². The van der Waals surface area contributed by atoms with Gasteiger partial charge in [0, 0.05) is 17.5 Å². The van der Waals surface area contributed by atoms with Crippen LogP contribution in [0.2, 0.25) is 0 Å². The molecule has 0 saturated heterocycles. The molecule has 0 bridgehead atoms. The first-order valence-corrected chi connectivity index (χ1v) is 6.25. The minimum atomic E-state index is -0.202. The fourth-order valence-corrected chi connectivity index (χ4v) is 2.42. The average molecular weight is 261 g/mol. The Kier molecular flexibility index (Phi) is 2.87. The highest BCUT2D eigenvalue weighted by Crippen LogP contribution is 2.34. The molecule has 1 fully saturated rings. The van der Waals surface area contributed by atoms with Crippen molar-refractivity contribution in [3.63, 3.8) is 0 Å². The van der Waals surface area contributed by atoms with Gasteiger partial charge < -0.3 is 20.5 Å². The van der Waals surface area contributed by atoms with Gasteiger partial charge in [0.15, 0.2) is 11.5 Å². The summed E-state index contributed by atoms with van der Waals surface area (Å²) in [6.45, 7) is 0. The summed E-state index contributed by atoms with van der Waals surface area (Å²) in [5.74, 6) is 0.851. The van der Waals surface area contributed by atoms with Crippen LogP contribution in [0.4, 0.5) is 0 Å². The van der Waals surface area contributed by atoms with Crippen LogP contribution in [0.15, 0.2) is 22.7 Å². The number of nitrogens with two attached hydrogens (primary N) is 1. The molecule has 1 aliphatic carbocycles. The maximum Gasteiger partial charge on any atom is 0.230 e. The first kappa shape index (κ1) is 12.0. The zero-order valence-corrected chi connectivity index (χ0v) is 10.3. The van der Waals surface area contributed by atoms with Crippen molar-refractivity contribution in [3.05, 3.63) is 24.1 Å². The van der Waals surface area contributed by atoms with E-state index in [1.165, 1.54) is 12.1 Å². The molecular formula is C13H15N3O3. The Morgan fingerprint density at radius 2 is 2.05 bits per heavy atom. The normalized spacial score (nSPS) is 22.8. The summed E-state index contributed by atoms with van der Waals surface area (Å²) in [6, 6.07) is 4.64. The summed E-state index contributed by atoms with van der Waals surface area (Å²) in [5, 5.41) is 22.6. The van der Waals surface area contributed by atoms with Gasteiger partial charge in [-0.15, -0.1) is 0 Å². The van der Waals surface area contributed by atoms with Crippen LogP contribution in [0.3, 0.4) is 0 Å². The molecule has 0 aliphatic heterocycles. The fraction of sp³-hybridized carbons (Fsp3) is 0.385. The molecule has 0 amide bonds. The largest absolute Gasteiger partial charge is 0.504 e. The molecule has 1 saturated carbocycles. The summed E-state index contributed by atoms with van der Waals surface area (Å²) in [4.78, 5) is 4.34. The van der Waals surface area contributed by atoms with Gasteiger partial charge in [0.05, 0.1) is 0 Å². The van der Waals surface area contributed by atoms with E-state index in [2.05, 4.69) is 10.1 Å². The van der Waals surface area contributed by atoms with Crippen LogP contribution < -0.4 is 5.73 Å². The van der Waals surface area contributed by atoms with E-state index < -0.39 is 0 Å². The lowest BCUT2D eigenvalue weighted by Gasteiger charge is -2.01. The highest BCUT2D eigenvalue weighted by atomic mass is 16.5. The third kappa shape index (κ3) is 2.26. The quantitative estimate of drug-likeness (QED) is 0.711. The maximum atomic E-state index is 9.46. The highest BCUT2D eigenvalue weighted by molar-refractivity contribution is 5.59. The lowest BCUT2D eigenvalue weighted by Crippen LogP contribution is -2.14. The molecule has 2 aromatic rings. The summed E-state index contributed by atoms with van der Waals surface area (Å²) in [5.41, 5.74) is 6.47. The Labute approximate surface area is 109 Å². The van der Waals surface area contributed by atoms with Crippen LogP contribution in [0, 0.1) is 0 Å². The second-order valence-corrected chi connectivity index (χ2v) is 4.93. The molecule has 1 aromatic heterocycles. The molecule has 2 atom stereocenters. The molecule has 0 spiro atoms. The second kappa shape index (κ2) is 4.55. The van der Waals surface area contributed by atoms with Crippen LogP contribution >= 0.6 is 0 Å². The van der Waals surface area contributed by atoms with E-state index >= 15 is 0 Å². The van der Waals surface area contributed by atoms with E-state index in [9.17, 15) is 10.2 Å². The monoisotopic (exact) mass is 261 g/mol. The van der Waals surface area contributed by atoms with Gasteiger partial charge in [-0.2, -0.15) is 4.98 Å². The number of benzene rings is 1. The number of phenolic OH excluding ortho intramolecular Hbond substituents is 2. The third-order valence-corrected chi connectivity index (χ3v) is 3.50. The van der Waals surface area contributed by atoms with E-state index in [0.717, 1.165) is 19.3 Å². The predicted molar refractivity (Wildman–Crippen MR) is 67.6 cm³/mol. The second-order valence-electron chi connectivity index (χ2n) is 4.93. The lowest BCUT2D eigenvalue weighted by molar-refractivity contribution is 0.353. The molecule has 1 heterocycles. The summed E-state index contributed by atoms with van der Waals surface area (Å²) in [6.07, 6.45) is 2.80. The van der Waals surface area contributed by atoms with Crippen molar-refractivity contribution in [3.8, 4) is 22.9 Å². The van der Waals surface area contributed by atoms with E-state index in [1.807, 2.05) is 0 Å². The van der Waals surface area contributed by atoms with Gasteiger partial charge in [-0.05, 0) is 37.5 Å². The molecule has 0 radical (unpaired) electrons. The highest BCUT2D eigenvalue weighted by Gasteiger charge is 2.28. The van der Waals surface area contributed by atoms with Crippen LogP contribution in [-0.4, -0.2) is 26.4 Å². The molecule has 100 valence electrons. The van der Waals surface area contributed by atoms with Gasteiger partial charge in [0.25, 0.3) is 0 Å². The Balaban J connectivity index is 1.86.